The molecule has 1 aliphatic carbocycles. The third-order valence-electron chi connectivity index (χ3n) is 4.09. The molecule has 2 fully saturated rings. The van der Waals surface area contributed by atoms with E-state index in [1.54, 1.807) is 0 Å². The van der Waals surface area contributed by atoms with Gasteiger partial charge in [0.05, 0.1) is 18.8 Å². The predicted octanol–water partition coefficient (Wildman–Crippen LogP) is 3.23. The number of hydrogen-bond donors (Lipinski definition) is 1. The Kier molecular flexibility index (Phi) is 4.68. The molecule has 20 heavy (non-hydrogen) atoms. The van der Waals surface area contributed by atoms with Gasteiger partial charge in [0, 0.05) is 28.6 Å². The summed E-state index contributed by atoms with van der Waals surface area (Å²) in [5.74, 6) is 0. The number of morpholine rings is 1. The van der Waals surface area contributed by atoms with Gasteiger partial charge in [0.1, 0.15) is 0 Å². The van der Waals surface area contributed by atoms with Crippen molar-refractivity contribution in [3.63, 3.8) is 0 Å². The Morgan fingerprint density at radius 1 is 1.45 bits per heavy atom. The normalized spacial score (nSPS) is 27.8. The van der Waals surface area contributed by atoms with Gasteiger partial charge in [0.15, 0.2) is 0 Å². The van der Waals surface area contributed by atoms with Crippen LogP contribution in [0.4, 0.5) is 0 Å². The Morgan fingerprint density at radius 2 is 2.25 bits per heavy atom. The molecule has 1 saturated carbocycles. The third-order valence-corrected chi connectivity index (χ3v) is 5.05. The summed E-state index contributed by atoms with van der Waals surface area (Å²) in [5.41, 5.74) is 1.24. The second kappa shape index (κ2) is 6.32. The zero-order valence-corrected chi connectivity index (χ0v) is 14.0. The molecule has 3 rings (SSSR count). The van der Waals surface area contributed by atoms with Gasteiger partial charge >= 0.3 is 0 Å². The van der Waals surface area contributed by atoms with Crippen molar-refractivity contribution in [1.29, 1.82) is 0 Å². The SMILES string of the molecule is CNCC1OCCN(C2CC2)C1c1cc(Cl)ccc1Br. The van der Waals surface area contributed by atoms with Crippen LogP contribution in [0, 0.1) is 0 Å². The summed E-state index contributed by atoms with van der Waals surface area (Å²) in [5, 5.41) is 4.04. The van der Waals surface area contributed by atoms with Crippen molar-refractivity contribution in [2.45, 2.75) is 31.0 Å². The Morgan fingerprint density at radius 3 is 2.95 bits per heavy atom. The summed E-state index contributed by atoms with van der Waals surface area (Å²) in [7, 11) is 1.98. The first-order valence-corrected chi connectivity index (χ1v) is 8.34. The minimum Gasteiger partial charge on any atom is -0.374 e. The summed E-state index contributed by atoms with van der Waals surface area (Å²) >= 11 is 9.89. The number of ether oxygens (including phenoxy) is 1. The molecule has 1 heterocycles. The molecule has 2 aliphatic rings. The number of nitrogens with zero attached hydrogens (tertiary/aromatic N) is 1. The van der Waals surface area contributed by atoms with Gasteiger partial charge in [-0.3, -0.25) is 4.90 Å². The van der Waals surface area contributed by atoms with Gasteiger partial charge in [-0.05, 0) is 43.7 Å². The fraction of sp³-hybridized carbons (Fsp3) is 0.600. The van der Waals surface area contributed by atoms with Crippen molar-refractivity contribution in [3.8, 4) is 0 Å². The van der Waals surface area contributed by atoms with Crippen LogP contribution >= 0.6 is 27.5 Å². The first-order valence-electron chi connectivity index (χ1n) is 7.17. The molecule has 110 valence electrons. The fourth-order valence-corrected chi connectivity index (χ4v) is 3.72. The molecule has 0 amide bonds. The number of nitrogens with one attached hydrogen (secondary N) is 1. The van der Waals surface area contributed by atoms with Crippen LogP contribution in [0.2, 0.25) is 5.02 Å². The van der Waals surface area contributed by atoms with E-state index in [4.69, 9.17) is 16.3 Å². The van der Waals surface area contributed by atoms with Gasteiger partial charge in [-0.2, -0.15) is 0 Å². The lowest BCUT2D eigenvalue weighted by Crippen LogP contribution is -2.49. The molecule has 1 N–H and O–H groups in total. The molecule has 0 radical (unpaired) electrons. The van der Waals surface area contributed by atoms with E-state index in [1.807, 2.05) is 19.2 Å². The quantitative estimate of drug-likeness (QED) is 0.893. The molecule has 1 aliphatic heterocycles. The van der Waals surface area contributed by atoms with E-state index < -0.39 is 0 Å². The number of hydrogen-bond acceptors (Lipinski definition) is 3. The van der Waals surface area contributed by atoms with E-state index in [1.165, 1.54) is 18.4 Å². The third kappa shape index (κ3) is 3.04. The van der Waals surface area contributed by atoms with Crippen LogP contribution in [0.1, 0.15) is 24.4 Å². The van der Waals surface area contributed by atoms with Gasteiger partial charge < -0.3 is 10.1 Å². The molecule has 1 aromatic carbocycles. The maximum Gasteiger partial charge on any atom is 0.0896 e. The van der Waals surface area contributed by atoms with Gasteiger partial charge in [0.25, 0.3) is 0 Å². The highest BCUT2D eigenvalue weighted by atomic mass is 79.9. The average Bonchev–Trinajstić information content (AvgIpc) is 3.26. The highest BCUT2D eigenvalue weighted by Gasteiger charge is 2.41. The number of likely N-dealkylation sites (N-methyl/N-ethyl adjacent to an activating group) is 1. The van der Waals surface area contributed by atoms with E-state index in [0.717, 1.165) is 29.2 Å². The second-order valence-electron chi connectivity index (χ2n) is 5.55. The van der Waals surface area contributed by atoms with Crippen molar-refractivity contribution in [2.75, 3.05) is 26.7 Å². The fourth-order valence-electron chi connectivity index (χ4n) is 3.06. The minimum absolute atomic E-state index is 0.170. The lowest BCUT2D eigenvalue weighted by Gasteiger charge is -2.42. The molecule has 2 atom stereocenters. The van der Waals surface area contributed by atoms with Crippen molar-refractivity contribution in [1.82, 2.24) is 10.2 Å². The van der Waals surface area contributed by atoms with E-state index in [0.29, 0.717) is 6.04 Å². The molecule has 1 saturated heterocycles. The maximum atomic E-state index is 6.21. The molecule has 5 heteroatoms. The first kappa shape index (κ1) is 14.8. The Hall–Kier alpha value is -0.130. The smallest absolute Gasteiger partial charge is 0.0896 e. The van der Waals surface area contributed by atoms with Crippen LogP contribution in [0.5, 0.6) is 0 Å². The standard InChI is InChI=1S/C15H20BrClN2O/c1-18-9-14-15(12-8-10(17)2-5-13(12)16)19(6-7-20-14)11-3-4-11/h2,5,8,11,14-15,18H,3-4,6-7,9H2,1H3. The second-order valence-corrected chi connectivity index (χ2v) is 6.84. The number of halogens is 2. The number of rotatable bonds is 4. The van der Waals surface area contributed by atoms with Gasteiger partial charge in [-0.1, -0.05) is 27.5 Å². The molecular formula is C15H20BrClN2O. The molecule has 0 bridgehead atoms. The van der Waals surface area contributed by atoms with Crippen LogP contribution in [0.25, 0.3) is 0 Å². The van der Waals surface area contributed by atoms with Crippen molar-refractivity contribution in [2.24, 2.45) is 0 Å². The predicted molar refractivity (Wildman–Crippen MR) is 85.3 cm³/mol. The average molecular weight is 360 g/mol. The monoisotopic (exact) mass is 358 g/mol. The van der Waals surface area contributed by atoms with Gasteiger partial charge in [-0.25, -0.2) is 0 Å². The molecule has 0 spiro atoms. The van der Waals surface area contributed by atoms with E-state index >= 15 is 0 Å². The Balaban J connectivity index is 1.95. The number of benzene rings is 1. The lowest BCUT2D eigenvalue weighted by atomic mass is 9.97. The van der Waals surface area contributed by atoms with Crippen molar-refractivity contribution >= 4 is 27.5 Å². The van der Waals surface area contributed by atoms with E-state index in [2.05, 4.69) is 32.2 Å². The first-order chi connectivity index (χ1) is 9.70. The van der Waals surface area contributed by atoms with Crippen LogP contribution in [0.3, 0.4) is 0 Å². The molecular weight excluding hydrogens is 340 g/mol. The molecule has 3 nitrogen and oxygen atoms in total. The molecule has 2 unspecified atom stereocenters. The lowest BCUT2D eigenvalue weighted by molar-refractivity contribution is -0.0742. The highest BCUT2D eigenvalue weighted by Crippen LogP contribution is 2.41. The topological polar surface area (TPSA) is 24.5 Å². The van der Waals surface area contributed by atoms with Gasteiger partial charge in [0.2, 0.25) is 0 Å². The van der Waals surface area contributed by atoms with E-state index in [9.17, 15) is 0 Å². The largest absolute Gasteiger partial charge is 0.374 e. The van der Waals surface area contributed by atoms with E-state index in [-0.39, 0.29) is 12.1 Å². The van der Waals surface area contributed by atoms with Crippen LogP contribution in [0.15, 0.2) is 22.7 Å². The highest BCUT2D eigenvalue weighted by molar-refractivity contribution is 9.10. The molecule has 1 aromatic rings. The van der Waals surface area contributed by atoms with Crippen LogP contribution in [-0.2, 0) is 4.74 Å². The summed E-state index contributed by atoms with van der Waals surface area (Å²) < 4.78 is 7.14. The summed E-state index contributed by atoms with van der Waals surface area (Å²) in [6.45, 7) is 2.68. The Labute approximate surface area is 133 Å². The summed E-state index contributed by atoms with van der Waals surface area (Å²) in [4.78, 5) is 2.60. The zero-order chi connectivity index (χ0) is 14.1. The van der Waals surface area contributed by atoms with Crippen molar-refractivity contribution in [3.05, 3.63) is 33.3 Å². The molecule has 0 aromatic heterocycles. The van der Waals surface area contributed by atoms with Crippen molar-refractivity contribution < 1.29 is 4.74 Å². The van der Waals surface area contributed by atoms with Gasteiger partial charge in [-0.15, -0.1) is 0 Å². The summed E-state index contributed by atoms with van der Waals surface area (Å²) in [6, 6.07) is 7.02. The minimum atomic E-state index is 0.170. The maximum absolute atomic E-state index is 6.21. The Bertz CT molecular complexity index is 479. The van der Waals surface area contributed by atoms with Crippen LogP contribution in [-0.4, -0.2) is 43.8 Å². The van der Waals surface area contributed by atoms with Crippen LogP contribution < -0.4 is 5.32 Å². The summed E-state index contributed by atoms with van der Waals surface area (Å²) in [6.07, 6.45) is 2.78. The zero-order valence-electron chi connectivity index (χ0n) is 11.6.